The zero-order chi connectivity index (χ0) is 13.0. The Morgan fingerprint density at radius 2 is 2.26 bits per heavy atom. The second kappa shape index (κ2) is 3.92. The first kappa shape index (κ1) is 11.6. The molecule has 0 radical (unpaired) electrons. The van der Waals surface area contributed by atoms with Gasteiger partial charge in [-0.25, -0.2) is 0 Å². The molecule has 1 aromatic rings. The smallest absolute Gasteiger partial charge is 0.254 e. The van der Waals surface area contributed by atoms with E-state index in [1.807, 2.05) is 23.1 Å². The van der Waals surface area contributed by atoms with E-state index in [-0.39, 0.29) is 11.9 Å². The highest BCUT2D eigenvalue weighted by Crippen LogP contribution is 2.54. The monoisotopic (exact) mass is 274 g/mol. The molecular formula is C15H18N2OS. The summed E-state index contributed by atoms with van der Waals surface area (Å²) in [7, 11) is 0. The van der Waals surface area contributed by atoms with Crippen LogP contribution in [0.2, 0.25) is 0 Å². The van der Waals surface area contributed by atoms with Crippen LogP contribution in [0.15, 0.2) is 18.2 Å². The number of thioether (sulfide) groups is 1. The molecule has 4 rings (SSSR count). The van der Waals surface area contributed by atoms with Crippen molar-refractivity contribution >= 4 is 23.4 Å². The molecule has 1 amide bonds. The summed E-state index contributed by atoms with van der Waals surface area (Å²) >= 11 is 2.12. The zero-order valence-corrected chi connectivity index (χ0v) is 11.7. The SMILES string of the molecule is Nc1cccc2c1C1CC3(CCCS3)CCN1C2=O. The molecule has 0 aliphatic carbocycles. The first-order valence-corrected chi connectivity index (χ1v) is 8.02. The number of nitrogens with two attached hydrogens (primary N) is 1. The van der Waals surface area contributed by atoms with Crippen LogP contribution < -0.4 is 5.73 Å². The first-order chi connectivity index (χ1) is 9.20. The summed E-state index contributed by atoms with van der Waals surface area (Å²) in [6, 6.07) is 5.98. The molecule has 2 atom stereocenters. The van der Waals surface area contributed by atoms with Gasteiger partial charge in [-0.3, -0.25) is 4.79 Å². The van der Waals surface area contributed by atoms with Crippen molar-refractivity contribution in [3.8, 4) is 0 Å². The molecule has 3 heterocycles. The molecule has 2 N–H and O–H groups in total. The minimum atomic E-state index is 0.185. The van der Waals surface area contributed by atoms with Crippen molar-refractivity contribution < 1.29 is 4.79 Å². The Morgan fingerprint density at radius 3 is 3.05 bits per heavy atom. The van der Waals surface area contributed by atoms with Crippen LogP contribution >= 0.6 is 11.8 Å². The number of carbonyl (C=O) groups is 1. The van der Waals surface area contributed by atoms with Crippen LogP contribution in [0.3, 0.4) is 0 Å². The number of nitrogen functional groups attached to an aromatic ring is 1. The molecule has 0 aromatic heterocycles. The summed E-state index contributed by atoms with van der Waals surface area (Å²) in [6.45, 7) is 0.893. The first-order valence-electron chi connectivity index (χ1n) is 7.04. The van der Waals surface area contributed by atoms with Crippen LogP contribution in [0.25, 0.3) is 0 Å². The van der Waals surface area contributed by atoms with E-state index in [0.29, 0.717) is 4.75 Å². The third kappa shape index (κ3) is 1.55. The molecule has 2 unspecified atom stereocenters. The van der Waals surface area contributed by atoms with E-state index in [1.165, 1.54) is 18.6 Å². The van der Waals surface area contributed by atoms with E-state index in [1.54, 1.807) is 0 Å². The molecule has 19 heavy (non-hydrogen) atoms. The number of carbonyl (C=O) groups excluding carboxylic acids is 1. The minimum absolute atomic E-state index is 0.185. The normalized spacial score (nSPS) is 32.7. The number of hydrogen-bond acceptors (Lipinski definition) is 3. The van der Waals surface area contributed by atoms with Crippen molar-refractivity contribution in [2.45, 2.75) is 36.5 Å². The zero-order valence-electron chi connectivity index (χ0n) is 10.9. The van der Waals surface area contributed by atoms with Crippen LogP contribution in [-0.4, -0.2) is 27.9 Å². The van der Waals surface area contributed by atoms with Gasteiger partial charge in [0.25, 0.3) is 5.91 Å². The predicted molar refractivity (Wildman–Crippen MR) is 78.3 cm³/mol. The number of anilines is 1. The Bertz CT molecular complexity index is 551. The maximum absolute atomic E-state index is 12.5. The van der Waals surface area contributed by atoms with Crippen molar-refractivity contribution in [2.75, 3.05) is 18.0 Å². The maximum atomic E-state index is 12.5. The molecule has 3 aliphatic rings. The summed E-state index contributed by atoms with van der Waals surface area (Å²) < 4.78 is 0.408. The highest BCUT2D eigenvalue weighted by molar-refractivity contribution is 8.00. The Labute approximate surface area is 117 Å². The van der Waals surface area contributed by atoms with Crippen LogP contribution in [0.1, 0.15) is 47.6 Å². The van der Waals surface area contributed by atoms with Gasteiger partial charge in [-0.1, -0.05) is 6.07 Å². The lowest BCUT2D eigenvalue weighted by Crippen LogP contribution is -2.42. The fourth-order valence-electron chi connectivity index (χ4n) is 3.96. The third-order valence-corrected chi connectivity index (χ3v) is 6.58. The molecule has 3 aliphatic heterocycles. The standard InChI is InChI=1S/C15H18N2OS/c16-11-4-1-3-10-13(11)12-9-15(5-2-8-19-15)6-7-17(12)14(10)18/h1,3-4,12H,2,5-9,16H2. The van der Waals surface area contributed by atoms with Crippen molar-refractivity contribution in [3.63, 3.8) is 0 Å². The molecular weight excluding hydrogens is 256 g/mol. The number of piperidine rings is 1. The fraction of sp³-hybridized carbons (Fsp3) is 0.533. The Kier molecular flexibility index (Phi) is 2.40. The maximum Gasteiger partial charge on any atom is 0.254 e. The molecule has 4 heteroatoms. The lowest BCUT2D eigenvalue weighted by atomic mass is 9.85. The van der Waals surface area contributed by atoms with Crippen molar-refractivity contribution in [1.82, 2.24) is 4.90 Å². The Balaban J connectivity index is 1.77. The molecule has 1 aromatic carbocycles. The molecule has 1 spiro atoms. The average Bonchev–Trinajstić information content (AvgIpc) is 2.96. The highest BCUT2D eigenvalue weighted by Gasteiger charge is 2.48. The van der Waals surface area contributed by atoms with Crippen LogP contribution in [-0.2, 0) is 0 Å². The fourth-order valence-corrected chi connectivity index (χ4v) is 5.48. The Morgan fingerprint density at radius 1 is 1.37 bits per heavy atom. The number of rotatable bonds is 0. The lowest BCUT2D eigenvalue weighted by molar-refractivity contribution is 0.0637. The van der Waals surface area contributed by atoms with Crippen molar-refractivity contribution in [2.24, 2.45) is 0 Å². The second-order valence-electron chi connectivity index (χ2n) is 5.91. The van der Waals surface area contributed by atoms with Gasteiger partial charge in [-0.2, -0.15) is 11.8 Å². The van der Waals surface area contributed by atoms with Crippen molar-refractivity contribution in [3.05, 3.63) is 29.3 Å². The summed E-state index contributed by atoms with van der Waals surface area (Å²) in [4.78, 5) is 14.5. The summed E-state index contributed by atoms with van der Waals surface area (Å²) in [5, 5.41) is 0. The van der Waals surface area contributed by atoms with Crippen LogP contribution in [0.5, 0.6) is 0 Å². The largest absolute Gasteiger partial charge is 0.398 e. The topological polar surface area (TPSA) is 46.3 Å². The molecule has 100 valence electrons. The van der Waals surface area contributed by atoms with Gasteiger partial charge in [-0.15, -0.1) is 0 Å². The number of amides is 1. The molecule has 3 nitrogen and oxygen atoms in total. The summed E-state index contributed by atoms with van der Waals surface area (Å²) in [5.74, 6) is 1.46. The second-order valence-corrected chi connectivity index (χ2v) is 7.47. The molecule has 2 saturated heterocycles. The number of nitrogens with zero attached hydrogens (tertiary/aromatic N) is 1. The van der Waals surface area contributed by atoms with Gasteiger partial charge in [0.1, 0.15) is 0 Å². The summed E-state index contributed by atoms with van der Waals surface area (Å²) in [6.07, 6.45) is 4.86. The lowest BCUT2D eigenvalue weighted by Gasteiger charge is -2.41. The number of fused-ring (bicyclic) bond motifs is 3. The van der Waals surface area contributed by atoms with E-state index in [4.69, 9.17) is 5.73 Å². The quantitative estimate of drug-likeness (QED) is 0.740. The van der Waals surface area contributed by atoms with Gasteiger partial charge < -0.3 is 10.6 Å². The van der Waals surface area contributed by atoms with Crippen LogP contribution in [0.4, 0.5) is 5.69 Å². The average molecular weight is 274 g/mol. The van der Waals surface area contributed by atoms with Crippen molar-refractivity contribution in [1.29, 1.82) is 0 Å². The van der Waals surface area contributed by atoms with Gasteiger partial charge in [0.2, 0.25) is 0 Å². The van der Waals surface area contributed by atoms with Gasteiger partial charge >= 0.3 is 0 Å². The number of benzene rings is 1. The minimum Gasteiger partial charge on any atom is -0.398 e. The van der Waals surface area contributed by atoms with E-state index in [0.717, 1.165) is 36.2 Å². The van der Waals surface area contributed by atoms with Gasteiger partial charge in [0, 0.05) is 28.1 Å². The molecule has 0 bridgehead atoms. The van der Waals surface area contributed by atoms with Crippen LogP contribution in [0, 0.1) is 0 Å². The van der Waals surface area contributed by atoms with Gasteiger partial charge in [0.15, 0.2) is 0 Å². The van der Waals surface area contributed by atoms with E-state index >= 15 is 0 Å². The van der Waals surface area contributed by atoms with E-state index in [9.17, 15) is 4.79 Å². The summed E-state index contributed by atoms with van der Waals surface area (Å²) in [5.41, 5.74) is 8.87. The number of hydrogen-bond donors (Lipinski definition) is 1. The third-order valence-electron chi connectivity index (χ3n) is 4.90. The van der Waals surface area contributed by atoms with E-state index in [2.05, 4.69) is 11.8 Å². The Hall–Kier alpha value is -1.16. The van der Waals surface area contributed by atoms with E-state index < -0.39 is 0 Å². The highest BCUT2D eigenvalue weighted by atomic mass is 32.2. The van der Waals surface area contributed by atoms with Gasteiger partial charge in [-0.05, 0) is 43.6 Å². The van der Waals surface area contributed by atoms with Gasteiger partial charge in [0.05, 0.1) is 6.04 Å². The molecule has 2 fully saturated rings. The predicted octanol–water partition coefficient (Wildman–Crippen LogP) is 2.83. The molecule has 0 saturated carbocycles.